The molecule has 0 saturated carbocycles. The average molecular weight is 488 g/mol. The number of hydrogen-bond acceptors (Lipinski definition) is 4. The number of nitrogens with one attached hydrogen (secondary N) is 2. The van der Waals surface area contributed by atoms with Gasteiger partial charge in [-0.2, -0.15) is 5.10 Å². The monoisotopic (exact) mass is 488 g/mol. The highest BCUT2D eigenvalue weighted by Crippen LogP contribution is 2.27. The molecule has 2 N–H and O–H groups in total. The molecule has 1 saturated heterocycles. The largest absolute Gasteiger partial charge is 0.356 e. The zero-order valence-corrected chi connectivity index (χ0v) is 18.5. The molecule has 0 spiro atoms. The molecule has 26 heavy (non-hydrogen) atoms. The normalized spacial score (nSPS) is 16.3. The molecule has 1 fully saturated rings. The summed E-state index contributed by atoms with van der Waals surface area (Å²) in [5, 5.41) is 13.3. The minimum atomic E-state index is 0. The quantitative estimate of drug-likeness (QED) is 0.260. The summed E-state index contributed by atoms with van der Waals surface area (Å²) >= 11 is 1.85. The van der Waals surface area contributed by atoms with Crippen molar-refractivity contribution in [3.05, 3.63) is 40.8 Å². The zero-order valence-electron chi connectivity index (χ0n) is 15.3. The first-order valence-electron chi connectivity index (χ1n) is 9.06. The maximum atomic E-state index is 4.36. The van der Waals surface area contributed by atoms with E-state index >= 15 is 0 Å². The highest BCUT2D eigenvalue weighted by molar-refractivity contribution is 14.0. The lowest BCUT2D eigenvalue weighted by molar-refractivity contribution is 0.249. The molecule has 3 rings (SSSR count). The van der Waals surface area contributed by atoms with Gasteiger partial charge >= 0.3 is 0 Å². The van der Waals surface area contributed by atoms with E-state index in [0.717, 1.165) is 32.0 Å². The fourth-order valence-corrected chi connectivity index (χ4v) is 4.10. The molecule has 0 amide bonds. The van der Waals surface area contributed by atoms with Crippen LogP contribution >= 0.6 is 35.3 Å². The Kier molecular flexibility index (Phi) is 9.41. The number of aryl methyl sites for hydroxylation is 1. The van der Waals surface area contributed by atoms with Crippen LogP contribution in [0.2, 0.25) is 0 Å². The SMILES string of the molecule is CN=C(NCCCn1cccn1)NCC(c1cccs1)N1CCCC1.I. The Morgan fingerprint density at radius 2 is 2.15 bits per heavy atom. The molecule has 144 valence electrons. The van der Waals surface area contributed by atoms with E-state index in [0.29, 0.717) is 6.04 Å². The minimum absolute atomic E-state index is 0. The summed E-state index contributed by atoms with van der Waals surface area (Å²) in [6.07, 6.45) is 7.44. The summed E-state index contributed by atoms with van der Waals surface area (Å²) in [6.45, 7) is 5.08. The van der Waals surface area contributed by atoms with Gasteiger partial charge in [-0.05, 0) is 49.9 Å². The summed E-state index contributed by atoms with van der Waals surface area (Å²) in [7, 11) is 1.83. The fourth-order valence-electron chi connectivity index (χ4n) is 3.24. The van der Waals surface area contributed by atoms with Gasteiger partial charge in [0.2, 0.25) is 0 Å². The Morgan fingerprint density at radius 1 is 1.31 bits per heavy atom. The van der Waals surface area contributed by atoms with E-state index in [1.807, 2.05) is 41.5 Å². The van der Waals surface area contributed by atoms with Crippen molar-refractivity contribution in [2.45, 2.75) is 31.8 Å². The van der Waals surface area contributed by atoms with Crippen molar-refractivity contribution < 1.29 is 0 Å². The number of hydrogen-bond donors (Lipinski definition) is 2. The van der Waals surface area contributed by atoms with Crippen molar-refractivity contribution in [3.8, 4) is 0 Å². The van der Waals surface area contributed by atoms with Gasteiger partial charge < -0.3 is 10.6 Å². The molecule has 0 aromatic carbocycles. The van der Waals surface area contributed by atoms with Gasteiger partial charge in [0.1, 0.15) is 0 Å². The van der Waals surface area contributed by atoms with Gasteiger partial charge in [-0.25, -0.2) is 0 Å². The lowest BCUT2D eigenvalue weighted by Crippen LogP contribution is -2.42. The van der Waals surface area contributed by atoms with Crippen molar-refractivity contribution in [1.82, 2.24) is 25.3 Å². The molecule has 1 aliphatic rings. The third-order valence-corrected chi connectivity index (χ3v) is 5.53. The van der Waals surface area contributed by atoms with Gasteiger partial charge in [-0.3, -0.25) is 14.6 Å². The molecule has 2 aromatic heterocycles. The third-order valence-electron chi connectivity index (χ3n) is 4.56. The second-order valence-electron chi connectivity index (χ2n) is 6.28. The molecule has 0 aliphatic carbocycles. The number of aromatic nitrogens is 2. The van der Waals surface area contributed by atoms with Crippen molar-refractivity contribution in [3.63, 3.8) is 0 Å². The predicted octanol–water partition coefficient (Wildman–Crippen LogP) is 2.95. The summed E-state index contributed by atoms with van der Waals surface area (Å²) in [5.74, 6) is 0.876. The van der Waals surface area contributed by atoms with Gasteiger partial charge in [-0.15, -0.1) is 35.3 Å². The number of aliphatic imine (C=N–C) groups is 1. The Hall–Kier alpha value is -1.13. The minimum Gasteiger partial charge on any atom is -0.356 e. The Morgan fingerprint density at radius 3 is 2.81 bits per heavy atom. The van der Waals surface area contributed by atoms with Crippen molar-refractivity contribution in [1.29, 1.82) is 0 Å². The number of likely N-dealkylation sites (tertiary alicyclic amines) is 1. The van der Waals surface area contributed by atoms with Gasteiger partial charge in [0.25, 0.3) is 0 Å². The summed E-state index contributed by atoms with van der Waals surface area (Å²) in [5.41, 5.74) is 0. The molecule has 1 aliphatic heterocycles. The van der Waals surface area contributed by atoms with Gasteiger partial charge in [0, 0.05) is 44.0 Å². The maximum Gasteiger partial charge on any atom is 0.191 e. The van der Waals surface area contributed by atoms with Crippen LogP contribution in [0.5, 0.6) is 0 Å². The highest BCUT2D eigenvalue weighted by Gasteiger charge is 2.24. The van der Waals surface area contributed by atoms with Gasteiger partial charge in [-0.1, -0.05) is 6.07 Å². The third kappa shape index (κ3) is 6.24. The number of rotatable bonds is 8. The van der Waals surface area contributed by atoms with Crippen LogP contribution < -0.4 is 10.6 Å². The lowest BCUT2D eigenvalue weighted by Gasteiger charge is -2.27. The van der Waals surface area contributed by atoms with E-state index in [1.165, 1.54) is 30.8 Å². The topological polar surface area (TPSA) is 57.5 Å². The van der Waals surface area contributed by atoms with Gasteiger partial charge in [0.05, 0.1) is 6.04 Å². The van der Waals surface area contributed by atoms with E-state index in [2.05, 4.69) is 43.1 Å². The lowest BCUT2D eigenvalue weighted by atomic mass is 10.2. The molecule has 3 heterocycles. The number of nitrogens with zero attached hydrogens (tertiary/aromatic N) is 4. The summed E-state index contributed by atoms with van der Waals surface area (Å²) in [4.78, 5) is 8.38. The van der Waals surface area contributed by atoms with E-state index in [-0.39, 0.29) is 24.0 Å². The number of halogens is 1. The maximum absolute atomic E-state index is 4.36. The molecule has 0 radical (unpaired) electrons. The first-order chi connectivity index (χ1) is 12.4. The first-order valence-corrected chi connectivity index (χ1v) is 9.94. The van der Waals surface area contributed by atoms with Crippen LogP contribution in [0.1, 0.15) is 30.2 Å². The van der Waals surface area contributed by atoms with Crippen LogP contribution in [0.15, 0.2) is 41.0 Å². The molecular formula is C18H29IN6S. The second kappa shape index (κ2) is 11.6. The van der Waals surface area contributed by atoms with Crippen LogP contribution in [0.4, 0.5) is 0 Å². The second-order valence-corrected chi connectivity index (χ2v) is 7.26. The fraction of sp³-hybridized carbons (Fsp3) is 0.556. The molecule has 2 aromatic rings. The Bertz CT molecular complexity index is 622. The zero-order chi connectivity index (χ0) is 17.3. The van der Waals surface area contributed by atoms with Crippen LogP contribution in [-0.4, -0.2) is 53.9 Å². The summed E-state index contributed by atoms with van der Waals surface area (Å²) in [6, 6.07) is 6.78. The van der Waals surface area contributed by atoms with E-state index in [9.17, 15) is 0 Å². The van der Waals surface area contributed by atoms with Crippen LogP contribution in [0.3, 0.4) is 0 Å². The van der Waals surface area contributed by atoms with E-state index in [4.69, 9.17) is 0 Å². The van der Waals surface area contributed by atoms with Crippen LogP contribution in [-0.2, 0) is 6.54 Å². The van der Waals surface area contributed by atoms with Gasteiger partial charge in [0.15, 0.2) is 5.96 Å². The van der Waals surface area contributed by atoms with Crippen molar-refractivity contribution in [2.75, 3.05) is 33.2 Å². The molecule has 6 nitrogen and oxygen atoms in total. The summed E-state index contributed by atoms with van der Waals surface area (Å²) < 4.78 is 1.96. The predicted molar refractivity (Wildman–Crippen MR) is 119 cm³/mol. The molecule has 1 unspecified atom stereocenters. The molecule has 0 bridgehead atoms. The molecular weight excluding hydrogens is 459 g/mol. The van der Waals surface area contributed by atoms with Crippen molar-refractivity contribution >= 4 is 41.3 Å². The molecule has 1 atom stereocenters. The highest BCUT2D eigenvalue weighted by atomic mass is 127. The number of guanidine groups is 1. The average Bonchev–Trinajstić information content (AvgIpc) is 3.40. The van der Waals surface area contributed by atoms with E-state index < -0.39 is 0 Å². The smallest absolute Gasteiger partial charge is 0.191 e. The Balaban J connectivity index is 0.00000243. The van der Waals surface area contributed by atoms with Crippen LogP contribution in [0.25, 0.3) is 0 Å². The Labute approximate surface area is 177 Å². The molecule has 8 heteroatoms. The van der Waals surface area contributed by atoms with Crippen molar-refractivity contribution in [2.24, 2.45) is 4.99 Å². The first kappa shape index (κ1) is 21.2. The van der Waals surface area contributed by atoms with E-state index in [1.54, 1.807) is 0 Å². The standard InChI is InChI=1S/C18H28N6S.HI/c1-19-18(20-8-5-12-24-13-6-9-22-24)21-15-16(17-7-4-14-25-17)23-10-2-3-11-23;/h4,6-7,9,13-14,16H,2-3,5,8,10-12,15H2,1H3,(H2,19,20,21);1H. The van der Waals surface area contributed by atoms with Crippen LogP contribution in [0, 0.1) is 0 Å². The number of thiophene rings is 1.